The van der Waals surface area contributed by atoms with Gasteiger partial charge in [0.2, 0.25) is 0 Å². The molecule has 26 heavy (non-hydrogen) atoms. The van der Waals surface area contributed by atoms with Crippen LogP contribution in [0.1, 0.15) is 46.5 Å². The summed E-state index contributed by atoms with van der Waals surface area (Å²) in [6, 6.07) is 1.19. The van der Waals surface area contributed by atoms with E-state index >= 15 is 0 Å². The number of ether oxygens (including phenoxy) is 1. The Morgan fingerprint density at radius 3 is 2.73 bits per heavy atom. The van der Waals surface area contributed by atoms with Crippen LogP contribution >= 0.6 is 24.0 Å². The number of likely N-dealkylation sites (N-methyl/N-ethyl adjacent to an activating group) is 1. The van der Waals surface area contributed by atoms with Gasteiger partial charge in [0.15, 0.2) is 5.96 Å². The second-order valence-corrected chi connectivity index (χ2v) is 7.23. The van der Waals surface area contributed by atoms with E-state index in [1.807, 2.05) is 0 Å². The first-order valence-electron chi connectivity index (χ1n) is 10.0. The van der Waals surface area contributed by atoms with Crippen LogP contribution in [0.5, 0.6) is 0 Å². The van der Waals surface area contributed by atoms with Crippen LogP contribution in [0.2, 0.25) is 0 Å². The fourth-order valence-corrected chi connectivity index (χ4v) is 3.40. The van der Waals surface area contributed by atoms with Crippen LogP contribution in [0, 0.1) is 0 Å². The molecule has 1 aliphatic heterocycles. The minimum absolute atomic E-state index is 0. The monoisotopic (exact) mass is 483 g/mol. The lowest BCUT2D eigenvalue weighted by Gasteiger charge is -2.37. The zero-order valence-electron chi connectivity index (χ0n) is 17.6. The van der Waals surface area contributed by atoms with Gasteiger partial charge in [0.25, 0.3) is 0 Å². The number of nitrogens with zero attached hydrogens (tertiary/aromatic N) is 3. The van der Waals surface area contributed by atoms with Crippen LogP contribution in [0.25, 0.3) is 0 Å². The van der Waals surface area contributed by atoms with Gasteiger partial charge in [-0.25, -0.2) is 0 Å². The van der Waals surface area contributed by atoms with Crippen LogP contribution in [-0.4, -0.2) is 87.9 Å². The molecule has 1 heterocycles. The summed E-state index contributed by atoms with van der Waals surface area (Å²) in [5, 5.41) is 6.82. The van der Waals surface area contributed by atoms with E-state index in [1.165, 1.54) is 25.8 Å². The number of nitrogens with one attached hydrogen (secondary N) is 2. The third-order valence-corrected chi connectivity index (χ3v) is 4.95. The van der Waals surface area contributed by atoms with Crippen LogP contribution in [0.3, 0.4) is 0 Å². The van der Waals surface area contributed by atoms with Crippen molar-refractivity contribution in [2.75, 3.05) is 60.0 Å². The number of guanidine groups is 1. The summed E-state index contributed by atoms with van der Waals surface area (Å²) in [5.74, 6) is 0.935. The van der Waals surface area contributed by atoms with Gasteiger partial charge in [0.05, 0.1) is 6.54 Å². The molecule has 6 nitrogen and oxygen atoms in total. The van der Waals surface area contributed by atoms with Crippen LogP contribution in [-0.2, 0) is 4.74 Å². The van der Waals surface area contributed by atoms with Gasteiger partial charge in [-0.05, 0) is 53.6 Å². The molecule has 0 aromatic carbocycles. The third kappa shape index (κ3) is 10.9. The molecule has 2 N–H and O–H groups in total. The number of methoxy groups -OCH3 is 1. The quantitative estimate of drug-likeness (QED) is 0.205. The number of hydrogen-bond donors (Lipinski definition) is 2. The number of likely N-dealkylation sites (tertiary alicyclic amines) is 1. The maximum absolute atomic E-state index is 5.10. The topological polar surface area (TPSA) is 52.1 Å². The standard InChI is InChI=1S/C19H41N5O.HI/c1-6-20-19(21-11-14-23(4)12-9-15-25-5)22-16-18(3)24-13-8-7-10-17(24)2;/h17-18H,6-16H2,1-5H3,(H2,20,21,22);1H. The Kier molecular flexibility index (Phi) is 15.8. The Bertz CT molecular complexity index is 370. The molecular weight excluding hydrogens is 441 g/mol. The molecule has 0 aliphatic carbocycles. The molecule has 2 atom stereocenters. The zero-order chi connectivity index (χ0) is 18.5. The van der Waals surface area contributed by atoms with E-state index in [4.69, 9.17) is 9.73 Å². The van der Waals surface area contributed by atoms with Crippen molar-refractivity contribution in [1.29, 1.82) is 0 Å². The van der Waals surface area contributed by atoms with E-state index in [0.717, 1.165) is 51.7 Å². The van der Waals surface area contributed by atoms with Crippen molar-refractivity contribution in [3.05, 3.63) is 0 Å². The molecule has 156 valence electrons. The van der Waals surface area contributed by atoms with E-state index in [1.54, 1.807) is 7.11 Å². The predicted molar refractivity (Wildman–Crippen MR) is 123 cm³/mol. The summed E-state index contributed by atoms with van der Waals surface area (Å²) in [4.78, 5) is 9.75. The lowest BCUT2D eigenvalue weighted by atomic mass is 10.0. The van der Waals surface area contributed by atoms with Crippen molar-refractivity contribution in [1.82, 2.24) is 20.4 Å². The van der Waals surface area contributed by atoms with Crippen molar-refractivity contribution in [3.63, 3.8) is 0 Å². The van der Waals surface area contributed by atoms with E-state index < -0.39 is 0 Å². The summed E-state index contributed by atoms with van der Waals surface area (Å²) in [7, 11) is 3.91. The predicted octanol–water partition coefficient (Wildman–Crippen LogP) is 2.39. The summed E-state index contributed by atoms with van der Waals surface area (Å²) < 4.78 is 5.10. The van der Waals surface area contributed by atoms with E-state index in [0.29, 0.717) is 12.1 Å². The largest absolute Gasteiger partial charge is 0.385 e. The van der Waals surface area contributed by atoms with Crippen LogP contribution in [0.15, 0.2) is 4.99 Å². The minimum atomic E-state index is 0. The molecule has 1 aliphatic rings. The molecule has 1 rings (SSSR count). The Labute approximate surface area is 178 Å². The maximum atomic E-state index is 5.10. The molecule has 0 aromatic heterocycles. The molecule has 0 bridgehead atoms. The Balaban J connectivity index is 0.00000625. The van der Waals surface area contributed by atoms with Crippen molar-refractivity contribution in [2.45, 2.75) is 58.5 Å². The van der Waals surface area contributed by atoms with Gasteiger partial charge in [-0.1, -0.05) is 6.42 Å². The first kappa shape index (κ1) is 25.9. The average Bonchev–Trinajstić information content (AvgIpc) is 2.60. The number of halogens is 1. The maximum Gasteiger partial charge on any atom is 0.191 e. The van der Waals surface area contributed by atoms with Gasteiger partial charge < -0.3 is 20.3 Å². The molecule has 0 saturated carbocycles. The highest BCUT2D eigenvalue weighted by atomic mass is 127. The molecule has 2 unspecified atom stereocenters. The van der Waals surface area contributed by atoms with Crippen molar-refractivity contribution >= 4 is 29.9 Å². The number of aliphatic imine (C=N–C) groups is 1. The fourth-order valence-electron chi connectivity index (χ4n) is 3.40. The van der Waals surface area contributed by atoms with Gasteiger partial charge in [-0.3, -0.25) is 9.89 Å². The molecule has 0 amide bonds. The smallest absolute Gasteiger partial charge is 0.191 e. The Hall–Kier alpha value is -0.120. The highest BCUT2D eigenvalue weighted by Crippen LogP contribution is 2.18. The first-order valence-corrected chi connectivity index (χ1v) is 10.0. The second kappa shape index (κ2) is 15.9. The fraction of sp³-hybridized carbons (Fsp3) is 0.947. The summed E-state index contributed by atoms with van der Waals surface area (Å²) in [6.07, 6.45) is 5.09. The van der Waals surface area contributed by atoms with Gasteiger partial charge >= 0.3 is 0 Å². The van der Waals surface area contributed by atoms with Crippen molar-refractivity contribution < 1.29 is 4.74 Å². The van der Waals surface area contributed by atoms with E-state index in [-0.39, 0.29) is 24.0 Å². The summed E-state index contributed by atoms with van der Waals surface area (Å²) in [6.45, 7) is 13.5. The third-order valence-electron chi connectivity index (χ3n) is 4.95. The number of rotatable bonds is 11. The van der Waals surface area contributed by atoms with E-state index in [9.17, 15) is 0 Å². The first-order chi connectivity index (χ1) is 12.1. The lowest BCUT2D eigenvalue weighted by molar-refractivity contribution is 0.118. The van der Waals surface area contributed by atoms with Gasteiger partial charge in [-0.2, -0.15) is 0 Å². The van der Waals surface area contributed by atoms with Gasteiger partial charge in [0.1, 0.15) is 0 Å². The highest BCUT2D eigenvalue weighted by molar-refractivity contribution is 14.0. The molecule has 0 spiro atoms. The molecule has 0 radical (unpaired) electrons. The van der Waals surface area contributed by atoms with Crippen molar-refractivity contribution in [2.24, 2.45) is 4.99 Å². The van der Waals surface area contributed by atoms with Gasteiger partial charge in [0, 0.05) is 52.0 Å². The molecule has 0 aromatic rings. The zero-order valence-corrected chi connectivity index (χ0v) is 19.9. The highest BCUT2D eigenvalue weighted by Gasteiger charge is 2.22. The lowest BCUT2D eigenvalue weighted by Crippen LogP contribution is -2.46. The molecule has 7 heteroatoms. The molecule has 1 saturated heterocycles. The Morgan fingerprint density at radius 1 is 1.31 bits per heavy atom. The minimum Gasteiger partial charge on any atom is -0.385 e. The van der Waals surface area contributed by atoms with Crippen LogP contribution in [0.4, 0.5) is 0 Å². The normalized spacial score (nSPS) is 19.9. The number of hydrogen-bond acceptors (Lipinski definition) is 4. The average molecular weight is 483 g/mol. The molecular formula is C19H42IN5O. The SMILES string of the molecule is CCNC(=NCC(C)N1CCCCC1C)NCCN(C)CCCOC.I. The second-order valence-electron chi connectivity index (χ2n) is 7.23. The Morgan fingerprint density at radius 2 is 2.08 bits per heavy atom. The molecule has 1 fully saturated rings. The van der Waals surface area contributed by atoms with Gasteiger partial charge in [-0.15, -0.1) is 24.0 Å². The summed E-state index contributed by atoms with van der Waals surface area (Å²) >= 11 is 0. The van der Waals surface area contributed by atoms with Crippen molar-refractivity contribution in [3.8, 4) is 0 Å². The van der Waals surface area contributed by atoms with Crippen LogP contribution < -0.4 is 10.6 Å². The van der Waals surface area contributed by atoms with E-state index in [2.05, 4.69) is 48.3 Å². The number of piperidine rings is 1. The summed E-state index contributed by atoms with van der Waals surface area (Å²) in [5.41, 5.74) is 0.